The largest absolute Gasteiger partial charge is 0.494 e. The molecular weight excluding hydrogens is 416 g/mol. The molecule has 3 rings (SSSR count). The van der Waals surface area contributed by atoms with Crippen LogP contribution in [0.15, 0.2) is 71.6 Å². The molecule has 0 aromatic heterocycles. The highest BCUT2D eigenvalue weighted by molar-refractivity contribution is 7.98. The van der Waals surface area contributed by atoms with E-state index in [1.807, 2.05) is 6.92 Å². The maximum absolute atomic E-state index is 13.1. The molecule has 0 spiro atoms. The highest BCUT2D eigenvalue weighted by Gasteiger charge is 2.22. The van der Waals surface area contributed by atoms with Crippen molar-refractivity contribution in [1.82, 2.24) is 0 Å². The van der Waals surface area contributed by atoms with Gasteiger partial charge in [-0.05, 0) is 55.6 Å². The molecule has 0 aliphatic rings. The fourth-order valence-corrected chi connectivity index (χ4v) is 3.55. The second kappa shape index (κ2) is 9.90. The van der Waals surface area contributed by atoms with Gasteiger partial charge in [0, 0.05) is 22.9 Å². The van der Waals surface area contributed by atoms with Crippen LogP contribution in [0.5, 0.6) is 5.75 Å². The van der Waals surface area contributed by atoms with Gasteiger partial charge in [0.15, 0.2) is 5.78 Å². The van der Waals surface area contributed by atoms with E-state index in [2.05, 4.69) is 5.32 Å². The second-order valence-corrected chi connectivity index (χ2v) is 7.28. The lowest BCUT2D eigenvalue weighted by molar-refractivity contribution is -0.387. The second-order valence-electron chi connectivity index (χ2n) is 6.43. The van der Waals surface area contributed by atoms with Crippen LogP contribution in [0.2, 0.25) is 0 Å². The lowest BCUT2D eigenvalue weighted by Gasteiger charge is -2.11. The molecule has 0 unspecified atom stereocenters. The summed E-state index contributed by atoms with van der Waals surface area (Å²) in [5, 5.41) is 14.1. The van der Waals surface area contributed by atoms with Crippen LogP contribution in [0.25, 0.3) is 0 Å². The predicted molar refractivity (Wildman–Crippen MR) is 120 cm³/mol. The summed E-state index contributed by atoms with van der Waals surface area (Å²) < 4.78 is 5.39. The van der Waals surface area contributed by atoms with Gasteiger partial charge >= 0.3 is 0 Å². The molecule has 0 bridgehead atoms. The maximum atomic E-state index is 13.1. The number of nitrogens with one attached hydrogen (secondary N) is 1. The van der Waals surface area contributed by atoms with Gasteiger partial charge in [0.2, 0.25) is 0 Å². The summed E-state index contributed by atoms with van der Waals surface area (Å²) in [7, 11) is 0. The number of hydrogen-bond acceptors (Lipinski definition) is 6. The molecule has 1 amide bonds. The smallest absolute Gasteiger partial charge is 0.283 e. The van der Waals surface area contributed by atoms with Gasteiger partial charge in [-0.25, -0.2) is 0 Å². The van der Waals surface area contributed by atoms with Crippen molar-refractivity contribution in [3.63, 3.8) is 0 Å². The Morgan fingerprint density at radius 1 is 1.03 bits per heavy atom. The summed E-state index contributed by atoms with van der Waals surface area (Å²) in [4.78, 5) is 37.2. The Hall–Kier alpha value is -3.65. The van der Waals surface area contributed by atoms with E-state index in [-0.39, 0.29) is 22.4 Å². The number of thioether (sulfide) groups is 1. The number of nitro benzene ring substituents is 1. The van der Waals surface area contributed by atoms with Crippen molar-refractivity contribution in [2.24, 2.45) is 0 Å². The number of carbonyl (C=O) groups is 2. The topological polar surface area (TPSA) is 98.5 Å². The van der Waals surface area contributed by atoms with Gasteiger partial charge in [-0.2, -0.15) is 0 Å². The first kappa shape index (κ1) is 22.0. The number of nitro groups is 1. The van der Waals surface area contributed by atoms with Crippen LogP contribution < -0.4 is 10.1 Å². The van der Waals surface area contributed by atoms with Crippen LogP contribution in [0.1, 0.15) is 33.2 Å². The van der Waals surface area contributed by atoms with Crippen molar-refractivity contribution in [3.05, 3.63) is 93.5 Å². The van der Waals surface area contributed by atoms with E-state index in [0.717, 1.165) is 0 Å². The summed E-state index contributed by atoms with van der Waals surface area (Å²) in [6.07, 6.45) is 1.73. The first-order valence-electron chi connectivity index (χ1n) is 9.45. The van der Waals surface area contributed by atoms with Crippen LogP contribution in [-0.4, -0.2) is 29.5 Å². The SMILES string of the molecule is CCOc1ccc(NC(=O)c2ccccc2C(=O)c2ccc(SC)c([N+](=O)[O-])c2)cc1. The molecule has 0 fully saturated rings. The highest BCUT2D eigenvalue weighted by atomic mass is 32.2. The quantitative estimate of drug-likeness (QED) is 0.226. The number of rotatable bonds is 8. The van der Waals surface area contributed by atoms with Crippen molar-refractivity contribution in [2.75, 3.05) is 18.2 Å². The van der Waals surface area contributed by atoms with Crippen molar-refractivity contribution in [3.8, 4) is 5.75 Å². The van der Waals surface area contributed by atoms with Crippen LogP contribution in [0.4, 0.5) is 11.4 Å². The monoisotopic (exact) mass is 436 g/mol. The molecular formula is C23H20N2O5S. The van der Waals surface area contributed by atoms with E-state index in [9.17, 15) is 19.7 Å². The number of hydrogen-bond donors (Lipinski definition) is 1. The Morgan fingerprint density at radius 2 is 1.71 bits per heavy atom. The number of ketones is 1. The molecule has 7 nitrogen and oxygen atoms in total. The van der Waals surface area contributed by atoms with Gasteiger partial charge in [0.25, 0.3) is 11.6 Å². The Kier molecular flexibility index (Phi) is 7.04. The van der Waals surface area contributed by atoms with Gasteiger partial charge < -0.3 is 10.1 Å². The Balaban J connectivity index is 1.89. The minimum Gasteiger partial charge on any atom is -0.494 e. The molecule has 3 aromatic rings. The molecule has 0 saturated heterocycles. The Labute approximate surface area is 183 Å². The van der Waals surface area contributed by atoms with Gasteiger partial charge in [0.1, 0.15) is 5.75 Å². The Morgan fingerprint density at radius 3 is 2.32 bits per heavy atom. The molecule has 0 radical (unpaired) electrons. The molecule has 3 aromatic carbocycles. The van der Waals surface area contributed by atoms with E-state index in [1.165, 1.54) is 30.0 Å². The van der Waals surface area contributed by atoms with Crippen LogP contribution in [0, 0.1) is 10.1 Å². The number of carbonyl (C=O) groups excluding carboxylic acids is 2. The number of benzene rings is 3. The van der Waals surface area contributed by atoms with E-state index in [4.69, 9.17) is 4.74 Å². The van der Waals surface area contributed by atoms with Crippen LogP contribution >= 0.6 is 11.8 Å². The first-order valence-corrected chi connectivity index (χ1v) is 10.7. The number of amides is 1. The summed E-state index contributed by atoms with van der Waals surface area (Å²) in [6, 6.07) is 17.6. The molecule has 0 aliphatic carbocycles. The zero-order chi connectivity index (χ0) is 22.4. The van der Waals surface area contributed by atoms with Gasteiger partial charge in [-0.15, -0.1) is 11.8 Å². The predicted octanol–water partition coefficient (Wildman–Crippen LogP) is 5.20. The van der Waals surface area contributed by atoms with E-state index in [1.54, 1.807) is 54.8 Å². The molecule has 0 saturated carbocycles. The highest BCUT2D eigenvalue weighted by Crippen LogP contribution is 2.29. The molecule has 0 aliphatic heterocycles. The third kappa shape index (κ3) is 5.10. The number of ether oxygens (including phenoxy) is 1. The lowest BCUT2D eigenvalue weighted by Crippen LogP contribution is -2.17. The molecule has 0 atom stereocenters. The standard InChI is InChI=1S/C23H20N2O5S/c1-3-30-17-11-9-16(10-12-17)24-23(27)19-7-5-4-6-18(19)22(26)15-8-13-21(31-2)20(14-15)25(28)29/h4-14H,3H2,1-2H3,(H,24,27). The molecule has 8 heteroatoms. The summed E-state index contributed by atoms with van der Waals surface area (Å²) in [5.41, 5.74) is 0.895. The average Bonchev–Trinajstić information content (AvgIpc) is 2.79. The van der Waals surface area contributed by atoms with Crippen molar-refractivity contribution in [2.45, 2.75) is 11.8 Å². The van der Waals surface area contributed by atoms with Crippen molar-refractivity contribution in [1.29, 1.82) is 0 Å². The normalized spacial score (nSPS) is 10.4. The zero-order valence-corrected chi connectivity index (χ0v) is 17.8. The van der Waals surface area contributed by atoms with Gasteiger partial charge in [0.05, 0.1) is 22.0 Å². The Bertz CT molecular complexity index is 1130. The fourth-order valence-electron chi connectivity index (χ4n) is 3.01. The summed E-state index contributed by atoms with van der Waals surface area (Å²) in [6.45, 7) is 2.42. The van der Waals surface area contributed by atoms with Crippen LogP contribution in [0.3, 0.4) is 0 Å². The molecule has 158 valence electrons. The van der Waals surface area contributed by atoms with Gasteiger partial charge in [-0.1, -0.05) is 18.2 Å². The lowest BCUT2D eigenvalue weighted by atomic mass is 9.97. The average molecular weight is 436 g/mol. The number of nitrogens with zero attached hydrogens (tertiary/aromatic N) is 1. The molecule has 0 heterocycles. The minimum absolute atomic E-state index is 0.144. The minimum atomic E-state index is -0.521. The van der Waals surface area contributed by atoms with Crippen molar-refractivity contribution >= 4 is 34.8 Å². The molecule has 1 N–H and O–H groups in total. The van der Waals surface area contributed by atoms with E-state index in [0.29, 0.717) is 22.9 Å². The van der Waals surface area contributed by atoms with Crippen LogP contribution in [-0.2, 0) is 0 Å². The third-order valence-corrected chi connectivity index (χ3v) is 5.26. The number of anilines is 1. The third-order valence-electron chi connectivity index (χ3n) is 4.48. The van der Waals surface area contributed by atoms with E-state index < -0.39 is 16.6 Å². The fraction of sp³-hybridized carbons (Fsp3) is 0.130. The van der Waals surface area contributed by atoms with Gasteiger partial charge in [-0.3, -0.25) is 19.7 Å². The summed E-state index contributed by atoms with van der Waals surface area (Å²) >= 11 is 1.23. The van der Waals surface area contributed by atoms with E-state index >= 15 is 0 Å². The first-order chi connectivity index (χ1) is 14.9. The maximum Gasteiger partial charge on any atom is 0.283 e. The zero-order valence-electron chi connectivity index (χ0n) is 17.0. The summed E-state index contributed by atoms with van der Waals surface area (Å²) in [5.74, 6) is -0.233. The molecule has 31 heavy (non-hydrogen) atoms. The van der Waals surface area contributed by atoms with Crippen molar-refractivity contribution < 1.29 is 19.2 Å².